The predicted octanol–water partition coefficient (Wildman–Crippen LogP) is 1.80. The molecule has 88 valence electrons. The highest BCUT2D eigenvalue weighted by molar-refractivity contribution is 6.30. The third-order valence-electron chi connectivity index (χ3n) is 2.39. The van der Waals surface area contributed by atoms with E-state index in [2.05, 4.69) is 10.3 Å². The molecule has 17 heavy (non-hydrogen) atoms. The predicted molar refractivity (Wildman–Crippen MR) is 61.9 cm³/mol. The van der Waals surface area contributed by atoms with Crippen LogP contribution in [-0.4, -0.2) is 26.1 Å². The molecule has 1 aromatic heterocycles. The van der Waals surface area contributed by atoms with Crippen molar-refractivity contribution in [1.82, 2.24) is 15.0 Å². The lowest BCUT2D eigenvalue weighted by Crippen LogP contribution is -2.22. The summed E-state index contributed by atoms with van der Waals surface area (Å²) >= 11 is 5.77. The Hall–Kier alpha value is -1.88. The molecular weight excluding hydrogens is 242 g/mol. The summed E-state index contributed by atoms with van der Waals surface area (Å²) in [6.07, 6.45) is 3.34. The zero-order valence-electron chi connectivity index (χ0n) is 8.82. The number of nitrogens with zero attached hydrogens (tertiary/aromatic N) is 3. The van der Waals surface area contributed by atoms with Gasteiger partial charge in [0, 0.05) is 17.6 Å². The van der Waals surface area contributed by atoms with Crippen molar-refractivity contribution in [3.63, 3.8) is 0 Å². The summed E-state index contributed by atoms with van der Waals surface area (Å²) in [4.78, 5) is 11.2. The number of halogens is 1. The molecule has 0 radical (unpaired) electrons. The van der Waals surface area contributed by atoms with E-state index in [0.29, 0.717) is 11.4 Å². The van der Waals surface area contributed by atoms with Crippen molar-refractivity contribution in [3.05, 3.63) is 47.2 Å². The fraction of sp³-hybridized carbons (Fsp3) is 0.182. The van der Waals surface area contributed by atoms with Crippen molar-refractivity contribution in [2.45, 2.75) is 12.5 Å². The van der Waals surface area contributed by atoms with Crippen molar-refractivity contribution in [1.29, 1.82) is 0 Å². The van der Waals surface area contributed by atoms with Crippen LogP contribution in [0.5, 0.6) is 0 Å². The number of aromatic nitrogens is 3. The molecular formula is C11H10ClN3O2. The molecule has 0 aliphatic carbocycles. The van der Waals surface area contributed by atoms with E-state index in [1.165, 1.54) is 17.1 Å². The van der Waals surface area contributed by atoms with E-state index in [0.717, 1.165) is 5.56 Å². The summed E-state index contributed by atoms with van der Waals surface area (Å²) in [5.74, 6) is -0.939. The molecule has 2 aromatic rings. The number of carbonyl (C=O) groups is 1. The molecule has 1 unspecified atom stereocenters. The van der Waals surface area contributed by atoms with Crippen LogP contribution in [0.15, 0.2) is 36.7 Å². The number of carboxylic acid groups (broad SMARTS) is 1. The highest BCUT2D eigenvalue weighted by atomic mass is 35.5. The number of rotatable bonds is 4. The molecule has 0 amide bonds. The highest BCUT2D eigenvalue weighted by Gasteiger charge is 2.20. The minimum atomic E-state index is -0.939. The molecule has 5 nitrogen and oxygen atoms in total. The van der Waals surface area contributed by atoms with Crippen LogP contribution in [0.4, 0.5) is 0 Å². The van der Waals surface area contributed by atoms with Crippen molar-refractivity contribution in [2.24, 2.45) is 0 Å². The van der Waals surface area contributed by atoms with Gasteiger partial charge in [-0.1, -0.05) is 28.9 Å². The Bertz CT molecular complexity index is 496. The Labute approximate surface area is 103 Å². The van der Waals surface area contributed by atoms with Crippen LogP contribution in [0.1, 0.15) is 11.6 Å². The van der Waals surface area contributed by atoms with Gasteiger partial charge in [-0.25, -0.2) is 9.48 Å². The van der Waals surface area contributed by atoms with E-state index in [-0.39, 0.29) is 0 Å². The molecule has 1 aromatic carbocycles. The number of hydrogen-bond acceptors (Lipinski definition) is 3. The van der Waals surface area contributed by atoms with Crippen LogP contribution in [0.25, 0.3) is 0 Å². The Morgan fingerprint density at radius 2 is 2.12 bits per heavy atom. The molecule has 0 saturated heterocycles. The second kappa shape index (κ2) is 4.97. The minimum absolute atomic E-state index is 0.343. The molecule has 0 fully saturated rings. The Morgan fingerprint density at radius 3 is 2.65 bits per heavy atom. The van der Waals surface area contributed by atoms with Crippen LogP contribution < -0.4 is 0 Å². The third kappa shape index (κ3) is 2.82. The van der Waals surface area contributed by atoms with Crippen LogP contribution in [0.3, 0.4) is 0 Å². The van der Waals surface area contributed by atoms with Gasteiger partial charge in [0.25, 0.3) is 0 Å². The third-order valence-corrected chi connectivity index (χ3v) is 2.64. The van der Waals surface area contributed by atoms with Gasteiger partial charge in [-0.3, -0.25) is 0 Å². The van der Waals surface area contributed by atoms with E-state index in [1.807, 2.05) is 0 Å². The van der Waals surface area contributed by atoms with Gasteiger partial charge in [0.1, 0.15) is 0 Å². The van der Waals surface area contributed by atoms with Gasteiger partial charge < -0.3 is 5.11 Å². The van der Waals surface area contributed by atoms with Crippen LogP contribution in [0.2, 0.25) is 5.02 Å². The molecule has 0 bridgehead atoms. The summed E-state index contributed by atoms with van der Waals surface area (Å²) in [5, 5.41) is 17.1. The maximum Gasteiger partial charge on any atom is 0.328 e. The monoisotopic (exact) mass is 251 g/mol. The summed E-state index contributed by atoms with van der Waals surface area (Å²) < 4.78 is 1.33. The van der Waals surface area contributed by atoms with Gasteiger partial charge in [-0.15, -0.1) is 5.10 Å². The first kappa shape index (κ1) is 11.6. The van der Waals surface area contributed by atoms with Gasteiger partial charge in [0.05, 0.1) is 6.20 Å². The lowest BCUT2D eigenvalue weighted by atomic mass is 10.1. The van der Waals surface area contributed by atoms with Gasteiger partial charge >= 0.3 is 5.97 Å². The summed E-state index contributed by atoms with van der Waals surface area (Å²) in [5.41, 5.74) is 0.886. The summed E-state index contributed by atoms with van der Waals surface area (Å²) in [6.45, 7) is 0. The Morgan fingerprint density at radius 1 is 1.41 bits per heavy atom. The van der Waals surface area contributed by atoms with Crippen molar-refractivity contribution >= 4 is 17.6 Å². The van der Waals surface area contributed by atoms with Crippen LogP contribution in [-0.2, 0) is 11.2 Å². The lowest BCUT2D eigenvalue weighted by Gasteiger charge is -2.12. The maximum atomic E-state index is 11.2. The van der Waals surface area contributed by atoms with E-state index in [1.54, 1.807) is 24.3 Å². The number of aliphatic carboxylic acids is 1. The average molecular weight is 252 g/mol. The van der Waals surface area contributed by atoms with E-state index in [9.17, 15) is 4.79 Å². The number of carboxylic acids is 1. The summed E-state index contributed by atoms with van der Waals surface area (Å²) in [6, 6.07) is 6.32. The smallest absolute Gasteiger partial charge is 0.328 e. The van der Waals surface area contributed by atoms with Gasteiger partial charge in [-0.2, -0.15) is 0 Å². The highest BCUT2D eigenvalue weighted by Crippen LogP contribution is 2.16. The van der Waals surface area contributed by atoms with Crippen molar-refractivity contribution in [3.8, 4) is 0 Å². The summed E-state index contributed by atoms with van der Waals surface area (Å²) in [7, 11) is 0. The van der Waals surface area contributed by atoms with E-state index < -0.39 is 12.0 Å². The fourth-order valence-electron chi connectivity index (χ4n) is 1.52. The first-order chi connectivity index (χ1) is 8.16. The first-order valence-electron chi connectivity index (χ1n) is 5.00. The fourth-order valence-corrected chi connectivity index (χ4v) is 1.65. The molecule has 1 atom stereocenters. The first-order valence-corrected chi connectivity index (χ1v) is 5.37. The largest absolute Gasteiger partial charge is 0.480 e. The van der Waals surface area contributed by atoms with E-state index in [4.69, 9.17) is 16.7 Å². The van der Waals surface area contributed by atoms with Crippen LogP contribution in [0, 0.1) is 0 Å². The normalized spacial score (nSPS) is 12.3. The van der Waals surface area contributed by atoms with Crippen LogP contribution >= 0.6 is 11.6 Å². The van der Waals surface area contributed by atoms with Gasteiger partial charge in [-0.05, 0) is 17.7 Å². The van der Waals surface area contributed by atoms with E-state index >= 15 is 0 Å². The molecule has 2 rings (SSSR count). The molecule has 0 aliphatic heterocycles. The van der Waals surface area contributed by atoms with Crippen molar-refractivity contribution in [2.75, 3.05) is 0 Å². The zero-order valence-corrected chi connectivity index (χ0v) is 9.58. The van der Waals surface area contributed by atoms with Gasteiger partial charge in [0.15, 0.2) is 6.04 Å². The minimum Gasteiger partial charge on any atom is -0.480 e. The SMILES string of the molecule is O=C(O)C(Cc1ccc(Cl)cc1)n1ccnn1. The lowest BCUT2D eigenvalue weighted by molar-refractivity contribution is -0.141. The van der Waals surface area contributed by atoms with Gasteiger partial charge in [0.2, 0.25) is 0 Å². The molecule has 6 heteroatoms. The van der Waals surface area contributed by atoms with Crippen molar-refractivity contribution < 1.29 is 9.90 Å². The molecule has 1 N–H and O–H groups in total. The number of hydrogen-bond donors (Lipinski definition) is 1. The quantitative estimate of drug-likeness (QED) is 0.900. The number of benzene rings is 1. The topological polar surface area (TPSA) is 68.0 Å². The Balaban J connectivity index is 2.19. The molecule has 0 saturated carbocycles. The second-order valence-corrected chi connectivity index (χ2v) is 4.00. The average Bonchev–Trinajstić information content (AvgIpc) is 2.81. The maximum absolute atomic E-state index is 11.2. The second-order valence-electron chi connectivity index (χ2n) is 3.57. The molecule has 0 spiro atoms. The molecule has 0 aliphatic rings. The molecule has 1 heterocycles. The standard InChI is InChI=1S/C11H10ClN3O2/c12-9-3-1-8(2-4-9)7-10(11(16)17)15-6-5-13-14-15/h1-6,10H,7H2,(H,16,17). The Kier molecular flexibility index (Phi) is 3.39. The zero-order chi connectivity index (χ0) is 12.3.